The monoisotopic (exact) mass is 359 g/mol. The molecule has 0 atom stereocenters. The molecule has 3 rings (SSSR count). The Balaban J connectivity index is 0.000000388. The van der Waals surface area contributed by atoms with Crippen LogP contribution in [0.5, 0.6) is 0 Å². The van der Waals surface area contributed by atoms with Gasteiger partial charge >= 0.3 is 0 Å². The number of benzene rings is 2. The molecule has 2 aromatic rings. The number of fused-ring (bicyclic) bond motifs is 3. The summed E-state index contributed by atoms with van der Waals surface area (Å²) < 4.78 is 7.98. The molecule has 0 spiro atoms. The van der Waals surface area contributed by atoms with Crippen molar-refractivity contribution in [2.75, 3.05) is 11.1 Å². The molecule has 6 N–H and O–H groups in total. The first-order valence-corrected chi connectivity index (χ1v) is 8.88. The van der Waals surface area contributed by atoms with E-state index < -0.39 is 0 Å². The van der Waals surface area contributed by atoms with Gasteiger partial charge in [-0.1, -0.05) is 49.9 Å². The standard InChI is InChI=1S/C16H13NO.C3H8OS.H4N2/c1-2-16(18)17-15-9-5-8-13-12-7-4-3-6-11(12)10-14(13)15;1-2-3-5-4;1-2/h2-9H,1,10H2,(H,17,18);4H,2-3H2,1H3;1-2H2. The molecule has 2 aromatic carbocycles. The minimum absolute atomic E-state index is 0.167. The number of hydrazine groups is 1. The maximum absolute atomic E-state index is 11.4. The first kappa shape index (κ1) is 20.9. The Labute approximate surface area is 153 Å². The normalized spacial score (nSPS) is 10.2. The van der Waals surface area contributed by atoms with E-state index in [-0.39, 0.29) is 5.91 Å². The van der Waals surface area contributed by atoms with Gasteiger partial charge in [0, 0.05) is 17.9 Å². The predicted octanol–water partition coefficient (Wildman–Crippen LogP) is 3.80. The summed E-state index contributed by atoms with van der Waals surface area (Å²) in [5, 5.41) is 2.87. The molecule has 1 amide bonds. The van der Waals surface area contributed by atoms with Gasteiger partial charge in [0.2, 0.25) is 5.91 Å². The van der Waals surface area contributed by atoms with Gasteiger partial charge in [-0.3, -0.25) is 16.5 Å². The number of carbonyl (C=O) groups excluding carboxylic acids is 1. The summed E-state index contributed by atoms with van der Waals surface area (Å²) in [5.41, 5.74) is 5.87. The topological polar surface area (TPSA) is 101 Å². The molecule has 1 aliphatic carbocycles. The highest BCUT2D eigenvalue weighted by molar-refractivity contribution is 7.93. The van der Waals surface area contributed by atoms with E-state index in [0.717, 1.165) is 36.3 Å². The lowest BCUT2D eigenvalue weighted by atomic mass is 10.1. The molecule has 134 valence electrons. The summed E-state index contributed by atoms with van der Waals surface area (Å²) in [6.07, 6.45) is 3.22. The SMILES string of the molecule is C=CC(=O)Nc1cccc2c1Cc1ccccc1-2.CCCSO.NN. The zero-order chi connectivity index (χ0) is 18.7. The Morgan fingerprint density at radius 1 is 1.24 bits per heavy atom. The van der Waals surface area contributed by atoms with Crippen LogP contribution in [0.1, 0.15) is 24.5 Å². The molecule has 0 heterocycles. The number of nitrogens with one attached hydrogen (secondary N) is 1. The second-order valence-corrected chi connectivity index (χ2v) is 5.86. The average molecular weight is 359 g/mol. The number of rotatable bonds is 4. The summed E-state index contributed by atoms with van der Waals surface area (Å²) in [4.78, 5) is 11.4. The number of hydrogen-bond acceptors (Lipinski definition) is 5. The van der Waals surface area contributed by atoms with Gasteiger partial charge in [0.15, 0.2) is 0 Å². The molecule has 0 bridgehead atoms. The second kappa shape index (κ2) is 11.4. The second-order valence-electron chi connectivity index (χ2n) is 5.19. The van der Waals surface area contributed by atoms with E-state index in [9.17, 15) is 4.79 Å². The fourth-order valence-corrected chi connectivity index (χ4v) is 2.73. The minimum atomic E-state index is -0.167. The van der Waals surface area contributed by atoms with Crippen LogP contribution in [0.25, 0.3) is 11.1 Å². The average Bonchev–Trinajstić information content (AvgIpc) is 3.04. The number of carbonyl (C=O) groups is 1. The van der Waals surface area contributed by atoms with Crippen LogP contribution in [-0.2, 0) is 11.2 Å². The quantitative estimate of drug-likeness (QED) is 0.246. The van der Waals surface area contributed by atoms with Gasteiger partial charge in [0.25, 0.3) is 0 Å². The largest absolute Gasteiger partial charge is 0.330 e. The lowest BCUT2D eigenvalue weighted by molar-refractivity contribution is -0.111. The molecule has 1 aliphatic rings. The molecule has 0 aromatic heterocycles. The fourth-order valence-electron chi connectivity index (χ4n) is 2.55. The van der Waals surface area contributed by atoms with Gasteiger partial charge in [0.05, 0.1) is 0 Å². The Kier molecular flexibility index (Phi) is 9.57. The third kappa shape index (κ3) is 5.72. The van der Waals surface area contributed by atoms with Crippen molar-refractivity contribution in [3.63, 3.8) is 0 Å². The van der Waals surface area contributed by atoms with Gasteiger partial charge in [-0.05, 0) is 52.9 Å². The highest BCUT2D eigenvalue weighted by Gasteiger charge is 2.20. The van der Waals surface area contributed by atoms with E-state index in [0.29, 0.717) is 0 Å². The molecule has 0 unspecified atom stereocenters. The molecule has 0 fully saturated rings. The smallest absolute Gasteiger partial charge is 0.247 e. The first-order valence-electron chi connectivity index (χ1n) is 7.94. The van der Waals surface area contributed by atoms with Crippen LogP contribution in [0.4, 0.5) is 5.69 Å². The van der Waals surface area contributed by atoms with Crippen LogP contribution < -0.4 is 17.0 Å². The van der Waals surface area contributed by atoms with Gasteiger partial charge in [0.1, 0.15) is 0 Å². The van der Waals surface area contributed by atoms with Crippen LogP contribution >= 0.6 is 12.0 Å². The van der Waals surface area contributed by atoms with Crippen molar-refractivity contribution in [2.24, 2.45) is 11.7 Å². The maximum Gasteiger partial charge on any atom is 0.247 e. The van der Waals surface area contributed by atoms with Gasteiger partial charge in [-0.2, -0.15) is 0 Å². The third-order valence-corrected chi connectivity index (χ3v) is 4.18. The Morgan fingerprint density at radius 2 is 1.92 bits per heavy atom. The molecule has 0 saturated carbocycles. The number of anilines is 1. The summed E-state index contributed by atoms with van der Waals surface area (Å²) in [6.45, 7) is 5.51. The number of nitrogens with two attached hydrogens (primary N) is 2. The van der Waals surface area contributed by atoms with Crippen molar-refractivity contribution in [1.82, 2.24) is 0 Å². The molecule has 0 aliphatic heterocycles. The van der Waals surface area contributed by atoms with Crippen molar-refractivity contribution >= 4 is 23.6 Å². The zero-order valence-corrected chi connectivity index (χ0v) is 15.2. The highest BCUT2D eigenvalue weighted by Crippen LogP contribution is 2.39. The minimum Gasteiger partial charge on any atom is -0.330 e. The zero-order valence-electron chi connectivity index (χ0n) is 14.4. The lowest BCUT2D eigenvalue weighted by Gasteiger charge is -2.08. The molecule has 25 heavy (non-hydrogen) atoms. The van der Waals surface area contributed by atoms with Crippen LogP contribution in [0, 0.1) is 0 Å². The van der Waals surface area contributed by atoms with E-state index in [1.54, 1.807) is 0 Å². The predicted molar refractivity (Wildman–Crippen MR) is 107 cm³/mol. The fraction of sp³-hybridized carbons (Fsp3) is 0.211. The first-order chi connectivity index (χ1) is 12.2. The molecule has 0 radical (unpaired) electrons. The van der Waals surface area contributed by atoms with Gasteiger partial charge in [-0.15, -0.1) is 0 Å². The summed E-state index contributed by atoms with van der Waals surface area (Å²) in [5.74, 6) is 8.69. The van der Waals surface area contributed by atoms with E-state index in [4.69, 9.17) is 4.55 Å². The van der Waals surface area contributed by atoms with Gasteiger partial charge in [-0.25, -0.2) is 0 Å². The third-order valence-electron chi connectivity index (χ3n) is 3.59. The number of amides is 1. The number of hydrogen-bond donors (Lipinski definition) is 4. The molecular formula is C19H25N3O2S. The van der Waals surface area contributed by atoms with Crippen LogP contribution in [0.2, 0.25) is 0 Å². The molecule has 5 nitrogen and oxygen atoms in total. The van der Waals surface area contributed by atoms with Crippen molar-refractivity contribution in [1.29, 1.82) is 0 Å². The van der Waals surface area contributed by atoms with Crippen molar-refractivity contribution in [3.8, 4) is 11.1 Å². The van der Waals surface area contributed by atoms with Crippen molar-refractivity contribution in [3.05, 3.63) is 66.2 Å². The molecular weight excluding hydrogens is 334 g/mol. The van der Waals surface area contributed by atoms with Crippen molar-refractivity contribution in [2.45, 2.75) is 19.8 Å². The summed E-state index contributed by atoms with van der Waals surface area (Å²) in [6, 6.07) is 14.4. The van der Waals surface area contributed by atoms with Crippen LogP contribution in [0.15, 0.2) is 55.1 Å². The maximum atomic E-state index is 11.4. The molecule has 6 heteroatoms. The summed E-state index contributed by atoms with van der Waals surface area (Å²) >= 11 is 0.902. The van der Waals surface area contributed by atoms with E-state index >= 15 is 0 Å². The Bertz CT molecular complexity index is 703. The van der Waals surface area contributed by atoms with Crippen LogP contribution in [-0.4, -0.2) is 16.2 Å². The van der Waals surface area contributed by atoms with E-state index in [2.05, 4.69) is 41.8 Å². The van der Waals surface area contributed by atoms with Crippen LogP contribution in [0.3, 0.4) is 0 Å². The Morgan fingerprint density at radius 3 is 2.52 bits per heavy atom. The Hall–Kier alpha value is -2.12. The highest BCUT2D eigenvalue weighted by atomic mass is 32.2. The molecule has 0 saturated heterocycles. The summed E-state index contributed by atoms with van der Waals surface area (Å²) in [7, 11) is 0. The van der Waals surface area contributed by atoms with E-state index in [1.807, 2.05) is 31.2 Å². The van der Waals surface area contributed by atoms with E-state index in [1.165, 1.54) is 28.3 Å². The van der Waals surface area contributed by atoms with Crippen molar-refractivity contribution < 1.29 is 9.35 Å². The lowest BCUT2D eigenvalue weighted by Crippen LogP contribution is -2.09. The van der Waals surface area contributed by atoms with Gasteiger partial charge < -0.3 is 9.87 Å².